The first-order chi connectivity index (χ1) is 8.97. The van der Waals surface area contributed by atoms with Gasteiger partial charge in [-0.05, 0) is 36.4 Å². The zero-order valence-corrected chi connectivity index (χ0v) is 11.2. The molecule has 0 aliphatic carbocycles. The number of carbonyl (C=O) groups is 1. The molecule has 3 nitrogen and oxygen atoms in total. The lowest BCUT2D eigenvalue weighted by Gasteiger charge is -2.08. The number of anilines is 2. The SMILES string of the molecule is Nc1cc(Br)ccc1NC(=O)c1ccc(F)c(F)c1. The van der Waals surface area contributed by atoms with Gasteiger partial charge < -0.3 is 11.1 Å². The summed E-state index contributed by atoms with van der Waals surface area (Å²) in [5.41, 5.74) is 6.50. The van der Waals surface area contributed by atoms with E-state index in [1.54, 1.807) is 18.2 Å². The number of nitrogens with two attached hydrogens (primary N) is 1. The van der Waals surface area contributed by atoms with Crippen LogP contribution < -0.4 is 11.1 Å². The van der Waals surface area contributed by atoms with Crippen molar-refractivity contribution in [1.82, 2.24) is 0 Å². The summed E-state index contributed by atoms with van der Waals surface area (Å²) < 4.78 is 26.6. The first kappa shape index (κ1) is 13.5. The lowest BCUT2D eigenvalue weighted by Crippen LogP contribution is -2.13. The molecular weight excluding hydrogens is 318 g/mol. The van der Waals surface area contributed by atoms with Crippen LogP contribution in [-0.4, -0.2) is 5.91 Å². The molecule has 98 valence electrons. The summed E-state index contributed by atoms with van der Waals surface area (Å²) in [5.74, 6) is -2.64. The Kier molecular flexibility index (Phi) is 3.80. The highest BCUT2D eigenvalue weighted by Crippen LogP contribution is 2.23. The third-order valence-corrected chi connectivity index (χ3v) is 2.94. The standard InChI is InChI=1S/C13H9BrF2N2O/c14-8-2-4-12(11(17)6-8)18-13(19)7-1-3-9(15)10(16)5-7/h1-6H,17H2,(H,18,19). The normalized spacial score (nSPS) is 10.3. The molecule has 6 heteroatoms. The molecule has 0 saturated carbocycles. The van der Waals surface area contributed by atoms with E-state index in [4.69, 9.17) is 5.73 Å². The van der Waals surface area contributed by atoms with E-state index in [0.717, 1.165) is 16.6 Å². The summed E-state index contributed by atoms with van der Waals surface area (Å²) in [6, 6.07) is 7.87. The van der Waals surface area contributed by atoms with Gasteiger partial charge in [-0.25, -0.2) is 8.78 Å². The monoisotopic (exact) mass is 326 g/mol. The van der Waals surface area contributed by atoms with Crippen molar-refractivity contribution < 1.29 is 13.6 Å². The molecule has 0 radical (unpaired) electrons. The average Bonchev–Trinajstić information content (AvgIpc) is 2.36. The number of amides is 1. The molecular formula is C13H9BrF2N2O. The minimum Gasteiger partial charge on any atom is -0.397 e. The van der Waals surface area contributed by atoms with E-state index in [1.807, 2.05) is 0 Å². The Labute approximate surface area is 116 Å². The summed E-state index contributed by atoms with van der Waals surface area (Å²) in [4.78, 5) is 11.8. The highest BCUT2D eigenvalue weighted by atomic mass is 79.9. The Balaban J connectivity index is 2.23. The van der Waals surface area contributed by atoms with Gasteiger partial charge in [0.2, 0.25) is 0 Å². The summed E-state index contributed by atoms with van der Waals surface area (Å²) in [6.07, 6.45) is 0. The molecule has 0 unspecified atom stereocenters. The number of rotatable bonds is 2. The van der Waals surface area contributed by atoms with Gasteiger partial charge in [-0.3, -0.25) is 4.79 Å². The predicted molar refractivity (Wildman–Crippen MR) is 72.9 cm³/mol. The van der Waals surface area contributed by atoms with Crippen molar-refractivity contribution in [2.24, 2.45) is 0 Å². The van der Waals surface area contributed by atoms with Crippen LogP contribution >= 0.6 is 15.9 Å². The Morgan fingerprint density at radius 1 is 1.11 bits per heavy atom. The van der Waals surface area contributed by atoms with Crippen LogP contribution in [0.25, 0.3) is 0 Å². The van der Waals surface area contributed by atoms with E-state index in [1.165, 1.54) is 6.07 Å². The summed E-state index contributed by atoms with van der Waals surface area (Å²) in [5, 5.41) is 2.53. The fourth-order valence-corrected chi connectivity index (χ4v) is 1.86. The molecule has 0 atom stereocenters. The van der Waals surface area contributed by atoms with E-state index in [9.17, 15) is 13.6 Å². The van der Waals surface area contributed by atoms with Crippen molar-refractivity contribution in [3.8, 4) is 0 Å². The van der Waals surface area contributed by atoms with Crippen LogP contribution in [0.1, 0.15) is 10.4 Å². The molecule has 2 rings (SSSR count). The van der Waals surface area contributed by atoms with E-state index in [2.05, 4.69) is 21.2 Å². The van der Waals surface area contributed by atoms with Gasteiger partial charge in [-0.15, -0.1) is 0 Å². The fourth-order valence-electron chi connectivity index (χ4n) is 1.48. The van der Waals surface area contributed by atoms with E-state index in [-0.39, 0.29) is 5.56 Å². The predicted octanol–water partition coefficient (Wildman–Crippen LogP) is 3.56. The molecule has 0 aromatic heterocycles. The molecule has 0 heterocycles. The highest BCUT2D eigenvalue weighted by Gasteiger charge is 2.11. The van der Waals surface area contributed by atoms with Crippen LogP contribution in [0, 0.1) is 11.6 Å². The van der Waals surface area contributed by atoms with Gasteiger partial charge in [0.05, 0.1) is 11.4 Å². The van der Waals surface area contributed by atoms with Gasteiger partial charge in [-0.1, -0.05) is 15.9 Å². The minimum atomic E-state index is -1.07. The molecule has 0 aliphatic heterocycles. The first-order valence-electron chi connectivity index (χ1n) is 5.29. The molecule has 3 N–H and O–H groups in total. The smallest absolute Gasteiger partial charge is 0.255 e. The number of hydrogen-bond acceptors (Lipinski definition) is 2. The lowest BCUT2D eigenvalue weighted by atomic mass is 10.2. The average molecular weight is 327 g/mol. The second-order valence-corrected chi connectivity index (χ2v) is 4.73. The third-order valence-electron chi connectivity index (χ3n) is 2.44. The number of hydrogen-bond donors (Lipinski definition) is 2. The highest BCUT2D eigenvalue weighted by molar-refractivity contribution is 9.10. The van der Waals surface area contributed by atoms with Crippen LogP contribution in [0.2, 0.25) is 0 Å². The van der Waals surface area contributed by atoms with Gasteiger partial charge in [0.1, 0.15) is 0 Å². The molecule has 0 saturated heterocycles. The van der Waals surface area contributed by atoms with Crippen LogP contribution in [-0.2, 0) is 0 Å². The zero-order chi connectivity index (χ0) is 14.0. The van der Waals surface area contributed by atoms with Crippen molar-refractivity contribution in [2.75, 3.05) is 11.1 Å². The summed E-state index contributed by atoms with van der Waals surface area (Å²) in [6.45, 7) is 0. The maximum absolute atomic E-state index is 13.0. The summed E-state index contributed by atoms with van der Waals surface area (Å²) in [7, 11) is 0. The molecule has 19 heavy (non-hydrogen) atoms. The van der Waals surface area contributed by atoms with Crippen molar-refractivity contribution in [1.29, 1.82) is 0 Å². The van der Waals surface area contributed by atoms with E-state index >= 15 is 0 Å². The molecule has 0 fully saturated rings. The fraction of sp³-hybridized carbons (Fsp3) is 0. The number of halogens is 3. The van der Waals surface area contributed by atoms with Gasteiger partial charge >= 0.3 is 0 Å². The molecule has 2 aromatic rings. The van der Waals surface area contributed by atoms with E-state index < -0.39 is 17.5 Å². The van der Waals surface area contributed by atoms with Crippen molar-refractivity contribution in [3.63, 3.8) is 0 Å². The van der Waals surface area contributed by atoms with Crippen LogP contribution in [0.15, 0.2) is 40.9 Å². The third kappa shape index (κ3) is 3.08. The van der Waals surface area contributed by atoms with Gasteiger partial charge in [0.15, 0.2) is 11.6 Å². The molecule has 1 amide bonds. The molecule has 0 aliphatic rings. The largest absolute Gasteiger partial charge is 0.397 e. The number of nitrogens with one attached hydrogen (secondary N) is 1. The van der Waals surface area contributed by atoms with Gasteiger partial charge in [0, 0.05) is 10.0 Å². The molecule has 0 spiro atoms. The Bertz CT molecular complexity index is 647. The Morgan fingerprint density at radius 3 is 2.47 bits per heavy atom. The number of nitrogen functional groups attached to an aromatic ring is 1. The summed E-state index contributed by atoms with van der Waals surface area (Å²) >= 11 is 3.24. The van der Waals surface area contributed by atoms with Crippen LogP contribution in [0.5, 0.6) is 0 Å². The minimum absolute atomic E-state index is 0.0150. The van der Waals surface area contributed by atoms with Gasteiger partial charge in [-0.2, -0.15) is 0 Å². The number of benzene rings is 2. The zero-order valence-electron chi connectivity index (χ0n) is 9.58. The topological polar surface area (TPSA) is 55.1 Å². The second kappa shape index (κ2) is 5.36. The number of carbonyl (C=O) groups excluding carboxylic acids is 1. The van der Waals surface area contributed by atoms with Gasteiger partial charge in [0.25, 0.3) is 5.91 Å². The Morgan fingerprint density at radius 2 is 1.84 bits per heavy atom. The van der Waals surface area contributed by atoms with Crippen molar-refractivity contribution in [2.45, 2.75) is 0 Å². The first-order valence-corrected chi connectivity index (χ1v) is 6.08. The van der Waals surface area contributed by atoms with Crippen LogP contribution in [0.3, 0.4) is 0 Å². The maximum atomic E-state index is 13.0. The van der Waals surface area contributed by atoms with Crippen LogP contribution in [0.4, 0.5) is 20.2 Å². The van der Waals surface area contributed by atoms with Crippen molar-refractivity contribution >= 4 is 33.2 Å². The van der Waals surface area contributed by atoms with E-state index in [0.29, 0.717) is 11.4 Å². The molecule has 0 bridgehead atoms. The molecule has 2 aromatic carbocycles. The lowest BCUT2D eigenvalue weighted by molar-refractivity contribution is 0.102. The Hall–Kier alpha value is -1.95. The van der Waals surface area contributed by atoms with Crippen molar-refractivity contribution in [3.05, 3.63) is 58.1 Å². The maximum Gasteiger partial charge on any atom is 0.255 e. The second-order valence-electron chi connectivity index (χ2n) is 3.81. The quantitative estimate of drug-likeness (QED) is 0.829.